The largest absolute Gasteiger partial charge is 0.363 e. The number of hydrogen-bond acceptors (Lipinski definition) is 5. The summed E-state index contributed by atoms with van der Waals surface area (Å²) in [6.07, 6.45) is 3.77. The van der Waals surface area contributed by atoms with E-state index in [4.69, 9.17) is 0 Å². The van der Waals surface area contributed by atoms with E-state index in [2.05, 4.69) is 49.3 Å². The van der Waals surface area contributed by atoms with Gasteiger partial charge in [0.25, 0.3) is 0 Å². The summed E-state index contributed by atoms with van der Waals surface area (Å²) in [6, 6.07) is 8.15. The number of H-pyrrole nitrogens is 1. The van der Waals surface area contributed by atoms with Crippen molar-refractivity contribution in [1.82, 2.24) is 19.7 Å². The molecule has 3 rings (SSSR count). The molecule has 0 radical (unpaired) electrons. The van der Waals surface area contributed by atoms with Crippen LogP contribution in [0, 0.1) is 6.92 Å². The Morgan fingerprint density at radius 3 is 3.05 bits per heavy atom. The lowest BCUT2D eigenvalue weighted by molar-refractivity contribution is 0.797. The Morgan fingerprint density at radius 2 is 2.23 bits per heavy atom. The number of nitrogens with zero attached hydrogens (tertiary/aromatic N) is 4. The van der Waals surface area contributed by atoms with E-state index in [0.717, 1.165) is 17.5 Å². The monoisotopic (exact) mass is 296 g/mol. The van der Waals surface area contributed by atoms with Crippen LogP contribution in [0.5, 0.6) is 0 Å². The highest BCUT2D eigenvalue weighted by atomic mass is 16.1. The van der Waals surface area contributed by atoms with Crippen LogP contribution >= 0.6 is 0 Å². The lowest BCUT2D eigenvalue weighted by Gasteiger charge is -2.00. The fourth-order valence-corrected chi connectivity index (χ4v) is 2.30. The normalized spacial score (nSPS) is 11.4. The number of hydrogen-bond donors (Lipinski definition) is 2. The topological polar surface area (TPSA) is 88.0 Å². The Morgan fingerprint density at radius 1 is 1.41 bits per heavy atom. The minimum Gasteiger partial charge on any atom is -0.347 e. The number of aromatic amines is 1. The zero-order valence-electron chi connectivity index (χ0n) is 12.4. The van der Waals surface area contributed by atoms with Crippen LogP contribution in [0.15, 0.2) is 40.4 Å². The van der Waals surface area contributed by atoms with Crippen molar-refractivity contribution >= 4 is 22.9 Å². The summed E-state index contributed by atoms with van der Waals surface area (Å²) in [4.78, 5) is 15.0. The number of hydrazone groups is 1. The molecule has 7 nitrogen and oxygen atoms in total. The Hall–Kier alpha value is -2.96. The van der Waals surface area contributed by atoms with Crippen molar-refractivity contribution < 1.29 is 0 Å². The smallest absolute Gasteiger partial charge is 0.347 e. The summed E-state index contributed by atoms with van der Waals surface area (Å²) in [6.45, 7) is 4.73. The predicted molar refractivity (Wildman–Crippen MR) is 86.2 cm³/mol. The molecule has 0 amide bonds. The van der Waals surface area contributed by atoms with Gasteiger partial charge in [0.2, 0.25) is 0 Å². The van der Waals surface area contributed by atoms with Crippen molar-refractivity contribution in [3.8, 4) is 0 Å². The predicted octanol–water partition coefficient (Wildman–Crippen LogP) is 1.89. The van der Waals surface area contributed by atoms with Crippen molar-refractivity contribution in [3.05, 3.63) is 52.2 Å². The summed E-state index contributed by atoms with van der Waals surface area (Å²) < 4.78 is 2.16. The maximum absolute atomic E-state index is 11.2. The minimum atomic E-state index is -0.508. The van der Waals surface area contributed by atoms with Gasteiger partial charge in [-0.3, -0.25) is 5.43 Å². The number of benzene rings is 1. The highest BCUT2D eigenvalue weighted by molar-refractivity contribution is 5.99. The van der Waals surface area contributed by atoms with E-state index in [1.807, 2.05) is 18.3 Å². The molecule has 0 spiro atoms. The first kappa shape index (κ1) is 14.0. The van der Waals surface area contributed by atoms with Gasteiger partial charge in [-0.05, 0) is 19.9 Å². The second kappa shape index (κ2) is 5.80. The maximum atomic E-state index is 11.2. The first-order valence-electron chi connectivity index (χ1n) is 6.99. The summed E-state index contributed by atoms with van der Waals surface area (Å²) >= 11 is 0. The summed E-state index contributed by atoms with van der Waals surface area (Å²) in [5.41, 5.74) is 4.99. The standard InChI is InChI=1S/C15H16N6O/c1-3-21-9-11(12-6-4-5-7-13(12)21)8-16-19-14-10(2)18-20-15(22)17-14/h4-9H,3H2,1-2H3,(H2,17,19,20,22)/b16-8+. The van der Waals surface area contributed by atoms with E-state index in [1.54, 1.807) is 13.1 Å². The quantitative estimate of drug-likeness (QED) is 0.568. The molecule has 2 N–H and O–H groups in total. The lowest BCUT2D eigenvalue weighted by Crippen LogP contribution is -2.15. The van der Waals surface area contributed by atoms with E-state index in [1.165, 1.54) is 5.52 Å². The van der Waals surface area contributed by atoms with Gasteiger partial charge in [0.1, 0.15) is 5.69 Å². The second-order valence-electron chi connectivity index (χ2n) is 4.83. The van der Waals surface area contributed by atoms with Gasteiger partial charge in [0.15, 0.2) is 5.82 Å². The van der Waals surface area contributed by atoms with Crippen molar-refractivity contribution in [3.63, 3.8) is 0 Å². The molecule has 2 aromatic heterocycles. The van der Waals surface area contributed by atoms with Gasteiger partial charge in [0.05, 0.1) is 6.21 Å². The number of aryl methyl sites for hydroxylation is 2. The Balaban J connectivity index is 1.90. The first-order valence-corrected chi connectivity index (χ1v) is 6.99. The molecule has 0 aliphatic rings. The molecule has 112 valence electrons. The molecule has 0 aliphatic heterocycles. The highest BCUT2D eigenvalue weighted by Crippen LogP contribution is 2.19. The molecule has 3 aromatic rings. The lowest BCUT2D eigenvalue weighted by atomic mass is 10.2. The summed E-state index contributed by atoms with van der Waals surface area (Å²) in [5, 5.41) is 11.4. The third-order valence-corrected chi connectivity index (χ3v) is 3.41. The fourth-order valence-electron chi connectivity index (χ4n) is 2.30. The SMILES string of the molecule is CCn1cc(/C=N/Nc2nc(=O)[nH]nc2C)c2ccccc21. The number of anilines is 1. The average Bonchev–Trinajstić information content (AvgIpc) is 2.89. The van der Waals surface area contributed by atoms with Crippen molar-refractivity contribution in [2.45, 2.75) is 20.4 Å². The van der Waals surface area contributed by atoms with Crippen molar-refractivity contribution in [2.75, 3.05) is 5.43 Å². The van der Waals surface area contributed by atoms with Gasteiger partial charge < -0.3 is 4.57 Å². The summed E-state index contributed by atoms with van der Waals surface area (Å²) in [7, 11) is 0. The molecule has 0 fully saturated rings. The second-order valence-corrected chi connectivity index (χ2v) is 4.83. The maximum Gasteiger partial charge on any atom is 0.363 e. The van der Waals surface area contributed by atoms with E-state index in [-0.39, 0.29) is 0 Å². The van der Waals surface area contributed by atoms with Gasteiger partial charge in [-0.15, -0.1) is 0 Å². The van der Waals surface area contributed by atoms with Crippen molar-refractivity contribution in [1.29, 1.82) is 0 Å². The third kappa shape index (κ3) is 2.60. The zero-order chi connectivity index (χ0) is 15.5. The van der Waals surface area contributed by atoms with E-state index in [0.29, 0.717) is 11.5 Å². The van der Waals surface area contributed by atoms with Crippen LogP contribution in [0.1, 0.15) is 18.2 Å². The van der Waals surface area contributed by atoms with Crippen molar-refractivity contribution in [2.24, 2.45) is 5.10 Å². The number of nitrogens with one attached hydrogen (secondary N) is 2. The molecular formula is C15H16N6O. The van der Waals surface area contributed by atoms with E-state index >= 15 is 0 Å². The number of para-hydroxylation sites is 1. The molecule has 0 unspecified atom stereocenters. The van der Waals surface area contributed by atoms with E-state index < -0.39 is 5.69 Å². The van der Waals surface area contributed by atoms with Gasteiger partial charge >= 0.3 is 5.69 Å². The first-order chi connectivity index (χ1) is 10.7. The van der Waals surface area contributed by atoms with Gasteiger partial charge in [-0.2, -0.15) is 15.2 Å². The molecule has 22 heavy (non-hydrogen) atoms. The number of rotatable bonds is 4. The molecule has 1 aromatic carbocycles. The molecule has 0 atom stereocenters. The van der Waals surface area contributed by atoms with Crippen LogP contribution in [0.2, 0.25) is 0 Å². The number of fused-ring (bicyclic) bond motifs is 1. The van der Waals surface area contributed by atoms with Gasteiger partial charge in [0, 0.05) is 29.2 Å². The molecule has 0 saturated heterocycles. The van der Waals surface area contributed by atoms with Gasteiger partial charge in [-0.1, -0.05) is 18.2 Å². The Kier molecular flexibility index (Phi) is 3.69. The van der Waals surface area contributed by atoms with Gasteiger partial charge in [-0.25, -0.2) is 9.89 Å². The van der Waals surface area contributed by atoms with Crippen LogP contribution in [-0.2, 0) is 6.54 Å². The average molecular weight is 296 g/mol. The Bertz CT molecular complexity index is 892. The van der Waals surface area contributed by atoms with Crippen LogP contribution < -0.4 is 11.1 Å². The zero-order valence-corrected chi connectivity index (χ0v) is 12.4. The number of aromatic nitrogens is 4. The fraction of sp³-hybridized carbons (Fsp3) is 0.200. The Labute approximate surface area is 126 Å². The highest BCUT2D eigenvalue weighted by Gasteiger charge is 2.05. The van der Waals surface area contributed by atoms with E-state index in [9.17, 15) is 4.79 Å². The summed E-state index contributed by atoms with van der Waals surface area (Å²) in [5.74, 6) is 0.347. The molecule has 0 saturated carbocycles. The molecule has 0 bridgehead atoms. The molecule has 2 heterocycles. The van der Waals surface area contributed by atoms with Crippen LogP contribution in [-0.4, -0.2) is 26.0 Å². The molecular weight excluding hydrogens is 280 g/mol. The van der Waals surface area contributed by atoms with Crippen LogP contribution in [0.3, 0.4) is 0 Å². The molecule has 0 aliphatic carbocycles. The minimum absolute atomic E-state index is 0.347. The molecule has 7 heteroatoms. The van der Waals surface area contributed by atoms with Crippen LogP contribution in [0.4, 0.5) is 5.82 Å². The third-order valence-electron chi connectivity index (χ3n) is 3.41. The van der Waals surface area contributed by atoms with Crippen LogP contribution in [0.25, 0.3) is 10.9 Å².